The molecule has 11 nitrogen and oxygen atoms in total. The molecule has 0 N–H and O–H groups in total. The van der Waals surface area contributed by atoms with Gasteiger partial charge in [-0.25, -0.2) is 33.3 Å². The zero-order valence-corrected chi connectivity index (χ0v) is 21.8. The molecule has 1 fully saturated rings. The quantitative estimate of drug-likeness (QED) is 0.403. The van der Waals surface area contributed by atoms with Crippen LogP contribution in [0.3, 0.4) is 0 Å². The Morgan fingerprint density at radius 1 is 1.08 bits per heavy atom. The smallest absolute Gasteiger partial charge is 0.252 e. The van der Waals surface area contributed by atoms with Gasteiger partial charge in [0.1, 0.15) is 34.7 Å². The van der Waals surface area contributed by atoms with Gasteiger partial charge in [-0.05, 0) is 38.8 Å². The number of rotatable bonds is 4. The van der Waals surface area contributed by atoms with E-state index in [2.05, 4.69) is 19.9 Å². The highest BCUT2D eigenvalue weighted by Gasteiger charge is 2.58. The molecule has 5 heterocycles. The van der Waals surface area contributed by atoms with E-state index in [1.807, 2.05) is 36.6 Å². The van der Waals surface area contributed by atoms with E-state index in [1.54, 1.807) is 24.3 Å². The van der Waals surface area contributed by atoms with Crippen LogP contribution in [-0.4, -0.2) is 68.0 Å². The Hall–Kier alpha value is -3.77. The van der Waals surface area contributed by atoms with E-state index < -0.39 is 15.6 Å². The predicted molar refractivity (Wildman–Crippen MR) is 138 cm³/mol. The maximum Gasteiger partial charge on any atom is 0.252 e. The molecule has 0 radical (unpaired) electrons. The zero-order valence-electron chi connectivity index (χ0n) is 21.0. The lowest BCUT2D eigenvalue weighted by Crippen LogP contribution is -2.50. The highest BCUT2D eigenvalue weighted by atomic mass is 32.2. The van der Waals surface area contributed by atoms with E-state index in [1.165, 1.54) is 10.6 Å². The largest absolute Gasteiger partial charge is 0.313 e. The monoisotopic (exact) mass is 518 g/mol. The minimum absolute atomic E-state index is 0.229. The number of aryl methyl sites for hydroxylation is 2. The molecule has 37 heavy (non-hydrogen) atoms. The molecule has 1 amide bonds. The fourth-order valence-electron chi connectivity index (χ4n) is 5.71. The summed E-state index contributed by atoms with van der Waals surface area (Å²) in [5, 5.41) is 0. The van der Waals surface area contributed by atoms with Gasteiger partial charge in [0, 0.05) is 49.3 Å². The number of likely N-dealkylation sites (N-methyl/N-ethyl adjacent to an activating group) is 1. The van der Waals surface area contributed by atoms with Crippen LogP contribution < -0.4 is 4.90 Å². The summed E-state index contributed by atoms with van der Waals surface area (Å²) in [6.45, 7) is 4.78. The van der Waals surface area contributed by atoms with Crippen molar-refractivity contribution in [3.63, 3.8) is 0 Å². The highest BCUT2D eigenvalue weighted by molar-refractivity contribution is 7.88. The average Bonchev–Trinajstić information content (AvgIpc) is 3.55. The Kier molecular flexibility index (Phi) is 5.18. The second-order valence-corrected chi connectivity index (χ2v) is 11.4. The molecule has 6 rings (SSSR count). The van der Waals surface area contributed by atoms with Gasteiger partial charge in [-0.15, -0.1) is 0 Å². The van der Waals surface area contributed by atoms with Gasteiger partial charge in [0.05, 0.1) is 11.8 Å². The van der Waals surface area contributed by atoms with Crippen LogP contribution >= 0.6 is 0 Å². The average molecular weight is 519 g/mol. The summed E-state index contributed by atoms with van der Waals surface area (Å²) in [6.07, 6.45) is 7.18. The Morgan fingerprint density at radius 2 is 1.84 bits per heavy atom. The number of benzene rings is 1. The lowest BCUT2D eigenvalue weighted by Gasteiger charge is -2.32. The van der Waals surface area contributed by atoms with E-state index in [4.69, 9.17) is 4.98 Å². The van der Waals surface area contributed by atoms with Crippen molar-refractivity contribution in [3.8, 4) is 22.6 Å². The summed E-state index contributed by atoms with van der Waals surface area (Å²) in [4.78, 5) is 37.7. The number of amides is 1. The van der Waals surface area contributed by atoms with E-state index in [9.17, 15) is 13.2 Å². The Balaban J connectivity index is 1.56. The number of carbonyl (C=O) groups is 1. The molecular formula is C25H26N8O3S. The SMILES string of the molecule is CCn1c(-c2cnc(C)nc2)nc2c(-c3ccc4c(c3)[C@@]3(CCCN3S(C)(=O)=O)C(=O)N4C)ncnc21. The maximum absolute atomic E-state index is 13.5. The standard InChI is InChI=1S/C25H26N8O3S/c1-5-32-22(17-12-26-15(2)27-13-17)30-21-20(28-14-29-23(21)32)16-7-8-19-18(11-16)25(24(34)31(19)3)9-6-10-33(25)37(4,35)36/h7-8,11-14H,5-6,9-10H2,1-4H3/t25-/m0/s1. The molecule has 3 aromatic heterocycles. The number of hydrogen-bond donors (Lipinski definition) is 0. The van der Waals surface area contributed by atoms with Crippen molar-refractivity contribution in [3.05, 3.63) is 48.3 Å². The van der Waals surface area contributed by atoms with Gasteiger partial charge in [0.15, 0.2) is 5.65 Å². The summed E-state index contributed by atoms with van der Waals surface area (Å²) < 4.78 is 28.8. The molecule has 2 aliphatic rings. The van der Waals surface area contributed by atoms with E-state index in [-0.39, 0.29) is 5.91 Å². The molecule has 2 aliphatic heterocycles. The number of fused-ring (bicyclic) bond motifs is 3. The molecule has 1 spiro atoms. The number of sulfonamides is 1. The van der Waals surface area contributed by atoms with Crippen LogP contribution in [-0.2, 0) is 26.9 Å². The normalized spacial score (nSPS) is 19.9. The molecule has 4 aromatic rings. The number of aromatic nitrogens is 6. The first-order chi connectivity index (χ1) is 17.7. The van der Waals surface area contributed by atoms with Crippen molar-refractivity contribution in [2.24, 2.45) is 0 Å². The van der Waals surface area contributed by atoms with Crippen LogP contribution in [0.15, 0.2) is 36.9 Å². The van der Waals surface area contributed by atoms with Gasteiger partial charge < -0.3 is 9.47 Å². The number of carbonyl (C=O) groups excluding carboxylic acids is 1. The first kappa shape index (κ1) is 23.6. The summed E-state index contributed by atoms with van der Waals surface area (Å²) in [5.74, 6) is 1.13. The molecule has 1 atom stereocenters. The van der Waals surface area contributed by atoms with Crippen LogP contribution in [0.4, 0.5) is 5.69 Å². The van der Waals surface area contributed by atoms with Gasteiger partial charge >= 0.3 is 0 Å². The van der Waals surface area contributed by atoms with Crippen LogP contribution in [0, 0.1) is 6.92 Å². The predicted octanol–water partition coefficient (Wildman–Crippen LogP) is 2.51. The minimum Gasteiger partial charge on any atom is -0.313 e. The van der Waals surface area contributed by atoms with E-state index in [0.717, 1.165) is 17.4 Å². The zero-order chi connectivity index (χ0) is 26.1. The van der Waals surface area contributed by atoms with Crippen LogP contribution in [0.5, 0.6) is 0 Å². The van der Waals surface area contributed by atoms with Crippen LogP contribution in [0.25, 0.3) is 33.8 Å². The molecule has 0 bridgehead atoms. The first-order valence-corrected chi connectivity index (χ1v) is 13.9. The minimum atomic E-state index is -3.61. The maximum atomic E-state index is 13.5. The molecule has 1 saturated heterocycles. The topological polar surface area (TPSA) is 127 Å². The molecule has 12 heteroatoms. The number of imidazole rings is 1. The second-order valence-electron chi connectivity index (χ2n) is 9.49. The summed E-state index contributed by atoms with van der Waals surface area (Å²) >= 11 is 0. The number of hydrogen-bond acceptors (Lipinski definition) is 8. The molecule has 0 unspecified atom stereocenters. The third-order valence-electron chi connectivity index (χ3n) is 7.35. The van der Waals surface area contributed by atoms with Crippen LogP contribution in [0.1, 0.15) is 31.2 Å². The van der Waals surface area contributed by atoms with E-state index >= 15 is 0 Å². The van der Waals surface area contributed by atoms with Gasteiger partial charge in [0.2, 0.25) is 10.0 Å². The van der Waals surface area contributed by atoms with Crippen LogP contribution in [0.2, 0.25) is 0 Å². The Labute approximate surface area is 214 Å². The van der Waals surface area contributed by atoms with Gasteiger partial charge in [-0.1, -0.05) is 6.07 Å². The molecule has 1 aromatic carbocycles. The fourth-order valence-corrected chi connectivity index (χ4v) is 7.01. The molecule has 0 saturated carbocycles. The molecular weight excluding hydrogens is 492 g/mol. The van der Waals surface area contributed by atoms with Crippen molar-refractivity contribution < 1.29 is 13.2 Å². The number of nitrogens with zero attached hydrogens (tertiary/aromatic N) is 8. The van der Waals surface area contributed by atoms with Crippen molar-refractivity contribution >= 4 is 32.8 Å². The highest BCUT2D eigenvalue weighted by Crippen LogP contribution is 2.51. The fraction of sp³-hybridized carbons (Fsp3) is 0.360. The van der Waals surface area contributed by atoms with Gasteiger partial charge in [0.25, 0.3) is 5.91 Å². The van der Waals surface area contributed by atoms with Gasteiger partial charge in [-0.2, -0.15) is 4.31 Å². The second kappa shape index (κ2) is 8.12. The van der Waals surface area contributed by atoms with Crippen molar-refractivity contribution in [1.29, 1.82) is 0 Å². The third-order valence-corrected chi connectivity index (χ3v) is 8.64. The first-order valence-electron chi connectivity index (χ1n) is 12.1. The molecule has 190 valence electrons. The molecule has 0 aliphatic carbocycles. The van der Waals surface area contributed by atoms with E-state index in [0.29, 0.717) is 65.7 Å². The summed E-state index contributed by atoms with van der Waals surface area (Å²) in [6, 6.07) is 5.64. The summed E-state index contributed by atoms with van der Waals surface area (Å²) in [7, 11) is -1.92. The lowest BCUT2D eigenvalue weighted by atomic mass is 9.88. The lowest BCUT2D eigenvalue weighted by molar-refractivity contribution is -0.125. The van der Waals surface area contributed by atoms with Crippen molar-refractivity contribution in [2.45, 2.75) is 38.8 Å². The van der Waals surface area contributed by atoms with Crippen molar-refractivity contribution in [1.82, 2.24) is 33.8 Å². The summed E-state index contributed by atoms with van der Waals surface area (Å²) in [5.41, 5.74) is 3.53. The van der Waals surface area contributed by atoms with Crippen molar-refractivity contribution in [2.75, 3.05) is 24.7 Å². The Bertz CT molecular complexity index is 1680. The van der Waals surface area contributed by atoms with Gasteiger partial charge in [-0.3, -0.25) is 4.79 Å². The third kappa shape index (κ3) is 3.32. The number of anilines is 1. The Morgan fingerprint density at radius 3 is 2.54 bits per heavy atom.